The van der Waals surface area contributed by atoms with Crippen LogP contribution in [0.3, 0.4) is 0 Å². The fourth-order valence-corrected chi connectivity index (χ4v) is 3.79. The summed E-state index contributed by atoms with van der Waals surface area (Å²) in [4.78, 5) is 24.1. The van der Waals surface area contributed by atoms with Gasteiger partial charge in [0.2, 0.25) is 17.8 Å². The van der Waals surface area contributed by atoms with Crippen molar-refractivity contribution in [1.82, 2.24) is 9.78 Å². The highest BCUT2D eigenvalue weighted by Gasteiger charge is 2.48. The molecule has 156 valence electrons. The molecule has 1 amide bonds. The van der Waals surface area contributed by atoms with Crippen molar-refractivity contribution >= 4 is 17.7 Å². The zero-order chi connectivity index (χ0) is 20.7. The molecule has 0 saturated heterocycles. The van der Waals surface area contributed by atoms with Gasteiger partial charge in [0.05, 0.1) is 12.3 Å². The third-order valence-corrected chi connectivity index (χ3v) is 5.19. The van der Waals surface area contributed by atoms with Gasteiger partial charge in [-0.15, -0.1) is 0 Å². The molecule has 1 N–H and O–H groups in total. The van der Waals surface area contributed by atoms with Gasteiger partial charge < -0.3 is 10.1 Å². The summed E-state index contributed by atoms with van der Waals surface area (Å²) in [6.45, 7) is 3.16. The van der Waals surface area contributed by atoms with E-state index in [2.05, 4.69) is 10.4 Å². The molecule has 0 unspecified atom stereocenters. The molecule has 2 aliphatic carbocycles. The van der Waals surface area contributed by atoms with Gasteiger partial charge in [0.25, 0.3) is 0 Å². The van der Waals surface area contributed by atoms with Crippen LogP contribution in [0.25, 0.3) is 0 Å². The maximum Gasteiger partial charge on any atom is 0.327 e. The Morgan fingerprint density at radius 2 is 1.79 bits per heavy atom. The van der Waals surface area contributed by atoms with Gasteiger partial charge in [0.15, 0.2) is 0 Å². The first-order chi connectivity index (χ1) is 13.0. The molecule has 0 atom stereocenters. The Labute approximate surface area is 159 Å². The summed E-state index contributed by atoms with van der Waals surface area (Å²) in [5.41, 5.74) is 0.901. The van der Waals surface area contributed by atoms with E-state index in [4.69, 9.17) is 4.74 Å². The van der Waals surface area contributed by atoms with E-state index < -0.39 is 35.6 Å². The maximum atomic E-state index is 13.2. The van der Waals surface area contributed by atoms with Crippen LogP contribution in [0.2, 0.25) is 0 Å². The molecular formula is C18H23F4N3O3. The Kier molecular flexibility index (Phi) is 5.42. The SMILES string of the molecule is CCOC(=O)Cn1nc(C2CC(F)(F)C2)c(C)c1NC(=O)CC1CC(F)(F)C1. The molecule has 3 rings (SSSR count). The van der Waals surface area contributed by atoms with Crippen molar-refractivity contribution in [3.63, 3.8) is 0 Å². The van der Waals surface area contributed by atoms with Crippen LogP contribution in [0.5, 0.6) is 0 Å². The lowest BCUT2D eigenvalue weighted by Gasteiger charge is -2.34. The lowest BCUT2D eigenvalue weighted by molar-refractivity contribution is -0.144. The number of anilines is 1. The van der Waals surface area contributed by atoms with Crippen LogP contribution >= 0.6 is 0 Å². The molecular weight excluding hydrogens is 382 g/mol. The van der Waals surface area contributed by atoms with E-state index in [-0.39, 0.29) is 51.1 Å². The normalized spacial score (nSPS) is 20.9. The van der Waals surface area contributed by atoms with Crippen molar-refractivity contribution in [2.45, 2.75) is 70.3 Å². The number of carbonyl (C=O) groups is 2. The molecule has 10 heteroatoms. The molecule has 28 heavy (non-hydrogen) atoms. The molecule has 0 aromatic carbocycles. The van der Waals surface area contributed by atoms with Crippen molar-refractivity contribution in [2.75, 3.05) is 11.9 Å². The minimum Gasteiger partial charge on any atom is -0.465 e. The average molecular weight is 405 g/mol. The summed E-state index contributed by atoms with van der Waals surface area (Å²) in [5, 5.41) is 6.88. The second kappa shape index (κ2) is 7.36. The first-order valence-electron chi connectivity index (χ1n) is 9.28. The van der Waals surface area contributed by atoms with Gasteiger partial charge in [-0.25, -0.2) is 22.2 Å². The van der Waals surface area contributed by atoms with Crippen LogP contribution in [-0.4, -0.2) is 40.1 Å². The molecule has 1 aromatic rings. The van der Waals surface area contributed by atoms with Gasteiger partial charge in [0, 0.05) is 43.6 Å². The van der Waals surface area contributed by atoms with Crippen LogP contribution in [0.1, 0.15) is 56.2 Å². The van der Waals surface area contributed by atoms with Crippen LogP contribution in [-0.2, 0) is 20.9 Å². The maximum absolute atomic E-state index is 13.2. The Morgan fingerprint density at radius 3 is 2.32 bits per heavy atom. The van der Waals surface area contributed by atoms with Gasteiger partial charge in [-0.05, 0) is 19.8 Å². The largest absolute Gasteiger partial charge is 0.465 e. The van der Waals surface area contributed by atoms with E-state index in [1.807, 2.05) is 0 Å². The minimum atomic E-state index is -2.74. The predicted molar refractivity (Wildman–Crippen MR) is 91.4 cm³/mol. The second-order valence-corrected chi connectivity index (χ2v) is 7.67. The standard InChI is InChI=1S/C18H23F4N3O3/c1-3-28-14(27)9-25-16(23-13(26)4-11-5-17(19,20)6-11)10(2)15(24-25)12-7-18(21,22)8-12/h11-12H,3-9H2,1-2H3,(H,23,26). The fourth-order valence-electron chi connectivity index (χ4n) is 3.79. The second-order valence-electron chi connectivity index (χ2n) is 7.67. The average Bonchev–Trinajstić information content (AvgIpc) is 2.80. The van der Waals surface area contributed by atoms with Crippen molar-refractivity contribution in [1.29, 1.82) is 0 Å². The number of amides is 1. The molecule has 0 spiro atoms. The van der Waals surface area contributed by atoms with Crippen LogP contribution in [0, 0.1) is 12.8 Å². The summed E-state index contributed by atoms with van der Waals surface area (Å²) in [5.74, 6) is -7.14. The van der Waals surface area contributed by atoms with Gasteiger partial charge in [0.1, 0.15) is 12.4 Å². The number of carbonyl (C=O) groups excluding carboxylic acids is 2. The fraction of sp³-hybridized carbons (Fsp3) is 0.722. The minimum absolute atomic E-state index is 0.0730. The van der Waals surface area contributed by atoms with Crippen molar-refractivity contribution in [2.24, 2.45) is 5.92 Å². The molecule has 2 fully saturated rings. The zero-order valence-corrected chi connectivity index (χ0v) is 15.7. The van der Waals surface area contributed by atoms with Gasteiger partial charge >= 0.3 is 5.97 Å². The molecule has 0 aliphatic heterocycles. The Balaban J connectivity index is 1.74. The summed E-state index contributed by atoms with van der Waals surface area (Å²) >= 11 is 0. The number of nitrogens with zero attached hydrogens (tertiary/aromatic N) is 2. The number of hydrogen-bond acceptors (Lipinski definition) is 4. The number of alkyl halides is 4. The summed E-state index contributed by atoms with van der Waals surface area (Å²) in [6.07, 6.45) is -1.41. The number of nitrogens with one attached hydrogen (secondary N) is 1. The lowest BCUT2D eigenvalue weighted by atomic mass is 9.78. The molecule has 2 aliphatic rings. The number of ether oxygens (including phenoxy) is 1. The van der Waals surface area contributed by atoms with Crippen molar-refractivity contribution in [3.8, 4) is 0 Å². The molecule has 2 saturated carbocycles. The summed E-state index contributed by atoms with van der Waals surface area (Å²) in [6, 6.07) is 0. The molecule has 6 nitrogen and oxygen atoms in total. The smallest absolute Gasteiger partial charge is 0.327 e. The number of rotatable bonds is 7. The van der Waals surface area contributed by atoms with Gasteiger partial charge in [-0.2, -0.15) is 5.10 Å². The van der Waals surface area contributed by atoms with Crippen LogP contribution in [0.4, 0.5) is 23.4 Å². The highest BCUT2D eigenvalue weighted by Crippen LogP contribution is 2.49. The predicted octanol–water partition coefficient (Wildman–Crippen LogP) is 3.64. The number of esters is 1. The van der Waals surface area contributed by atoms with Gasteiger partial charge in [-0.1, -0.05) is 0 Å². The highest BCUT2D eigenvalue weighted by atomic mass is 19.3. The van der Waals surface area contributed by atoms with Crippen molar-refractivity contribution < 1.29 is 31.9 Å². The summed E-state index contributed by atoms with van der Waals surface area (Å²) in [7, 11) is 0. The molecule has 1 aromatic heterocycles. The molecule has 0 radical (unpaired) electrons. The number of hydrogen-bond donors (Lipinski definition) is 1. The topological polar surface area (TPSA) is 73.2 Å². The number of halogens is 4. The van der Waals surface area contributed by atoms with Crippen LogP contribution in [0.15, 0.2) is 0 Å². The van der Waals surface area contributed by atoms with Crippen LogP contribution < -0.4 is 5.32 Å². The Morgan fingerprint density at radius 1 is 1.18 bits per heavy atom. The van der Waals surface area contributed by atoms with E-state index in [0.29, 0.717) is 11.3 Å². The Hall–Kier alpha value is -2.13. The quantitative estimate of drug-likeness (QED) is 0.555. The van der Waals surface area contributed by atoms with Crippen molar-refractivity contribution in [3.05, 3.63) is 11.3 Å². The molecule has 0 bridgehead atoms. The third-order valence-electron chi connectivity index (χ3n) is 5.19. The van der Waals surface area contributed by atoms with Gasteiger partial charge in [-0.3, -0.25) is 9.59 Å². The summed E-state index contributed by atoms with van der Waals surface area (Å²) < 4.78 is 58.5. The Bertz CT molecular complexity index is 762. The van der Waals surface area contributed by atoms with E-state index >= 15 is 0 Å². The zero-order valence-electron chi connectivity index (χ0n) is 15.7. The highest BCUT2D eigenvalue weighted by molar-refractivity contribution is 5.91. The van der Waals surface area contributed by atoms with E-state index in [9.17, 15) is 27.2 Å². The lowest BCUT2D eigenvalue weighted by Crippen LogP contribution is -2.37. The monoisotopic (exact) mass is 405 g/mol. The molecule has 1 heterocycles. The first-order valence-corrected chi connectivity index (χ1v) is 9.28. The van der Waals surface area contributed by atoms with E-state index in [0.717, 1.165) is 0 Å². The number of aromatic nitrogens is 2. The first kappa shape index (κ1) is 20.6. The third kappa shape index (κ3) is 4.47. The van der Waals surface area contributed by atoms with E-state index in [1.165, 1.54) is 4.68 Å². The van der Waals surface area contributed by atoms with E-state index in [1.54, 1.807) is 13.8 Å².